The molecule has 0 saturated heterocycles. The van der Waals surface area contributed by atoms with Crippen LogP contribution in [-0.2, 0) is 21.1 Å². The average Bonchev–Trinajstić information content (AvgIpc) is 2.32. The van der Waals surface area contributed by atoms with Crippen LogP contribution in [-0.4, -0.2) is 9.97 Å². The Bertz CT molecular complexity index is 334. The molecule has 0 fully saturated rings. The summed E-state index contributed by atoms with van der Waals surface area (Å²) in [5.74, 6) is 0. The van der Waals surface area contributed by atoms with E-state index in [2.05, 4.69) is 23.8 Å². The molecule has 0 radical (unpaired) electrons. The Morgan fingerprint density at radius 3 is 1.33 bits per heavy atom. The molecule has 2 rings (SSSR count). The quantitative estimate of drug-likeness (QED) is 0.427. The van der Waals surface area contributed by atoms with E-state index in [0.717, 1.165) is 17.8 Å². The smallest absolute Gasteiger partial charge is 1.00 e. The molecule has 0 aliphatic rings. The van der Waals surface area contributed by atoms with Crippen molar-refractivity contribution >= 4 is 0 Å². The van der Waals surface area contributed by atoms with Crippen molar-refractivity contribution in [3.05, 3.63) is 62.6 Å². The van der Waals surface area contributed by atoms with Crippen LogP contribution in [0.15, 0.2) is 48.8 Å². The summed E-state index contributed by atoms with van der Waals surface area (Å²) in [6.07, 6.45) is 4.29. The maximum absolute atomic E-state index is 4.19. The Labute approximate surface area is 136 Å². The molecule has 2 aromatic rings. The van der Waals surface area contributed by atoms with Crippen molar-refractivity contribution in [1.82, 2.24) is 9.97 Å². The summed E-state index contributed by atoms with van der Waals surface area (Å²) in [4.78, 5) is 8.37. The number of rotatable bonds is 1. The van der Waals surface area contributed by atoms with Crippen molar-refractivity contribution in [2.75, 3.05) is 0 Å². The summed E-state index contributed by atoms with van der Waals surface area (Å²) in [6, 6.07) is 11.6. The van der Waals surface area contributed by atoms with Crippen LogP contribution in [0.5, 0.6) is 0 Å². The maximum atomic E-state index is 4.19. The van der Waals surface area contributed by atoms with Crippen LogP contribution in [0.25, 0.3) is 11.4 Å². The zero-order valence-corrected chi connectivity index (χ0v) is 13.5. The zero-order valence-electron chi connectivity index (χ0n) is 9.71. The number of aromatic nitrogens is 2. The number of halogens is 2. The van der Waals surface area contributed by atoms with E-state index in [-0.39, 0.29) is 45.9 Å². The maximum Gasteiger partial charge on any atom is 4.00 e. The SMILES string of the molecule is [CH2-]C[CH2-].[Cl-].[Cl-].[Pt+4].c1ccc(-c2ccccn2)nc1. The minimum Gasteiger partial charge on any atom is -1.00 e. The topological polar surface area (TPSA) is 25.8 Å². The molecular weight excluding hydrogens is 450 g/mol. The van der Waals surface area contributed by atoms with Crippen molar-refractivity contribution in [1.29, 1.82) is 0 Å². The standard InChI is InChI=1S/C10H8N2.C3H6.2ClH.Pt/c1-3-7-11-9(5-1)10-6-2-4-8-12-10;1-3-2;;;/h1-8H;1-3H2;2*1H;/q;-2;;;+4/p-2. The van der Waals surface area contributed by atoms with Crippen molar-refractivity contribution in [2.45, 2.75) is 6.42 Å². The van der Waals surface area contributed by atoms with Crippen LogP contribution >= 0.6 is 0 Å². The van der Waals surface area contributed by atoms with Gasteiger partial charge in [0.05, 0.1) is 11.4 Å². The van der Waals surface area contributed by atoms with Gasteiger partial charge in [-0.1, -0.05) is 12.1 Å². The third kappa shape index (κ3) is 8.63. The minimum atomic E-state index is 0. The summed E-state index contributed by atoms with van der Waals surface area (Å²) in [7, 11) is 0. The van der Waals surface area contributed by atoms with Crippen LogP contribution in [0.4, 0.5) is 0 Å². The first-order chi connectivity index (χ1) is 7.38. The molecule has 0 atom stereocenters. The molecule has 2 heterocycles. The molecule has 0 amide bonds. The fraction of sp³-hybridized carbons (Fsp3) is 0.0769. The van der Waals surface area contributed by atoms with Crippen molar-refractivity contribution in [3.63, 3.8) is 0 Å². The van der Waals surface area contributed by atoms with E-state index in [1.807, 2.05) is 36.4 Å². The van der Waals surface area contributed by atoms with Gasteiger partial charge in [-0.05, 0) is 24.3 Å². The Hall–Kier alpha value is -0.432. The van der Waals surface area contributed by atoms with E-state index in [1.165, 1.54) is 0 Å². The van der Waals surface area contributed by atoms with Gasteiger partial charge in [0.15, 0.2) is 0 Å². The molecule has 0 aliphatic carbocycles. The van der Waals surface area contributed by atoms with Gasteiger partial charge in [0.2, 0.25) is 0 Å². The second-order valence-corrected chi connectivity index (χ2v) is 2.78. The van der Waals surface area contributed by atoms with Gasteiger partial charge in [-0.15, -0.1) is 0 Å². The molecule has 18 heavy (non-hydrogen) atoms. The summed E-state index contributed by atoms with van der Waals surface area (Å²) in [5.41, 5.74) is 1.83. The molecule has 100 valence electrons. The van der Waals surface area contributed by atoms with E-state index in [4.69, 9.17) is 0 Å². The first-order valence-electron chi connectivity index (χ1n) is 4.79. The third-order valence-electron chi connectivity index (χ3n) is 1.59. The van der Waals surface area contributed by atoms with Crippen molar-refractivity contribution in [3.8, 4) is 11.4 Å². The summed E-state index contributed by atoms with van der Waals surface area (Å²) in [6.45, 7) is 6.75. The average molecular weight is 464 g/mol. The summed E-state index contributed by atoms with van der Waals surface area (Å²) in [5, 5.41) is 0. The van der Waals surface area contributed by atoms with E-state index < -0.39 is 0 Å². The Kier molecular flexibility index (Phi) is 18.5. The van der Waals surface area contributed by atoms with Crippen LogP contribution in [0.2, 0.25) is 0 Å². The molecule has 0 bridgehead atoms. The van der Waals surface area contributed by atoms with Gasteiger partial charge in [0.1, 0.15) is 0 Å². The predicted octanol–water partition coefficient (Wildman–Crippen LogP) is -2.81. The molecule has 2 nitrogen and oxygen atoms in total. The Balaban J connectivity index is -0.000000345. The van der Waals surface area contributed by atoms with Crippen LogP contribution in [0.1, 0.15) is 6.42 Å². The first kappa shape index (κ1) is 22.7. The van der Waals surface area contributed by atoms with E-state index in [0.29, 0.717) is 0 Å². The number of hydrogen-bond donors (Lipinski definition) is 0. The number of hydrogen-bond acceptors (Lipinski definition) is 2. The molecule has 5 heteroatoms. The van der Waals surface area contributed by atoms with Gasteiger partial charge in [-0.3, -0.25) is 9.97 Å². The summed E-state index contributed by atoms with van der Waals surface area (Å²) < 4.78 is 0. The van der Waals surface area contributed by atoms with E-state index in [1.54, 1.807) is 12.4 Å². The van der Waals surface area contributed by atoms with E-state index >= 15 is 0 Å². The molecule has 2 aromatic heterocycles. The van der Waals surface area contributed by atoms with Crippen LogP contribution < -0.4 is 24.8 Å². The Morgan fingerprint density at radius 1 is 0.778 bits per heavy atom. The largest absolute Gasteiger partial charge is 4.00 e. The molecule has 0 unspecified atom stereocenters. The molecule has 0 spiro atoms. The second kappa shape index (κ2) is 14.6. The van der Waals surface area contributed by atoms with Crippen LogP contribution in [0.3, 0.4) is 0 Å². The number of nitrogens with zero attached hydrogens (tertiary/aromatic N) is 2. The van der Waals surface area contributed by atoms with Gasteiger partial charge in [0, 0.05) is 12.4 Å². The monoisotopic (exact) mass is 463 g/mol. The van der Waals surface area contributed by atoms with Crippen molar-refractivity contribution < 1.29 is 45.9 Å². The third-order valence-corrected chi connectivity index (χ3v) is 1.59. The van der Waals surface area contributed by atoms with Crippen LogP contribution in [0, 0.1) is 13.8 Å². The van der Waals surface area contributed by atoms with E-state index in [9.17, 15) is 0 Å². The van der Waals surface area contributed by atoms with Gasteiger partial charge in [0.25, 0.3) is 0 Å². The molecule has 0 aliphatic heterocycles. The second-order valence-electron chi connectivity index (χ2n) is 2.78. The predicted molar refractivity (Wildman–Crippen MR) is 62.8 cm³/mol. The fourth-order valence-corrected chi connectivity index (χ4v) is 1.03. The normalized spacial score (nSPS) is 7.44. The number of pyridine rings is 2. The van der Waals surface area contributed by atoms with Crippen molar-refractivity contribution in [2.24, 2.45) is 0 Å². The minimum absolute atomic E-state index is 0. The molecule has 0 N–H and O–H groups in total. The Morgan fingerprint density at radius 2 is 1.11 bits per heavy atom. The van der Waals surface area contributed by atoms with Gasteiger partial charge >= 0.3 is 21.1 Å². The molecular formula is C13H14Cl2N2Pt. The zero-order chi connectivity index (χ0) is 10.9. The molecule has 0 aromatic carbocycles. The van der Waals surface area contributed by atoms with Gasteiger partial charge in [-0.2, -0.15) is 0 Å². The molecule has 0 saturated carbocycles. The first-order valence-corrected chi connectivity index (χ1v) is 4.79. The van der Waals surface area contributed by atoms with Gasteiger partial charge < -0.3 is 45.1 Å². The fourth-order valence-electron chi connectivity index (χ4n) is 1.03. The summed E-state index contributed by atoms with van der Waals surface area (Å²) >= 11 is 0. The van der Waals surface area contributed by atoms with Gasteiger partial charge in [-0.25, -0.2) is 0 Å².